The lowest BCUT2D eigenvalue weighted by atomic mass is 9.83. The molecule has 0 aromatic rings. The summed E-state index contributed by atoms with van der Waals surface area (Å²) in [5.74, 6) is 6.44. The van der Waals surface area contributed by atoms with E-state index >= 15 is 0 Å². The summed E-state index contributed by atoms with van der Waals surface area (Å²) in [5, 5.41) is 0. The van der Waals surface area contributed by atoms with Crippen LogP contribution in [0.15, 0.2) is 12.3 Å². The van der Waals surface area contributed by atoms with Crippen molar-refractivity contribution < 1.29 is 0 Å². The molecule has 1 aliphatic carbocycles. The summed E-state index contributed by atoms with van der Waals surface area (Å²) in [4.78, 5) is 2.42. The molecular formula is C13H25N3. The topological polar surface area (TPSA) is 41.3 Å². The van der Waals surface area contributed by atoms with Crippen LogP contribution in [0, 0.1) is 5.92 Å². The fraction of sp³-hybridized carbons (Fsp3) is 0.846. The Labute approximate surface area is 99.0 Å². The average molecular weight is 223 g/mol. The molecule has 1 aliphatic heterocycles. The van der Waals surface area contributed by atoms with Gasteiger partial charge in [-0.15, -0.1) is 0 Å². The van der Waals surface area contributed by atoms with Crippen molar-refractivity contribution in [3.8, 4) is 0 Å². The number of hydrogen-bond acceptors (Lipinski definition) is 3. The predicted molar refractivity (Wildman–Crippen MR) is 67.6 cm³/mol. The Hall–Kier alpha value is -0.540. The van der Waals surface area contributed by atoms with Crippen LogP contribution in [0.1, 0.15) is 44.9 Å². The zero-order valence-corrected chi connectivity index (χ0v) is 10.3. The highest BCUT2D eigenvalue weighted by molar-refractivity contribution is 5.08. The normalized spacial score (nSPS) is 24.7. The summed E-state index contributed by atoms with van der Waals surface area (Å²) in [7, 11) is 0. The van der Waals surface area contributed by atoms with E-state index in [4.69, 9.17) is 5.84 Å². The molecule has 0 spiro atoms. The van der Waals surface area contributed by atoms with Gasteiger partial charge in [0.15, 0.2) is 0 Å². The number of hydrazine groups is 1. The first kappa shape index (κ1) is 11.9. The van der Waals surface area contributed by atoms with Gasteiger partial charge >= 0.3 is 0 Å². The maximum absolute atomic E-state index is 5.73. The molecule has 0 radical (unpaired) electrons. The number of rotatable bonds is 4. The molecule has 0 aromatic carbocycles. The maximum atomic E-state index is 5.73. The van der Waals surface area contributed by atoms with Crippen LogP contribution in [-0.4, -0.2) is 24.0 Å². The molecular weight excluding hydrogens is 198 g/mol. The SMILES string of the molecule is C=C(C(NN)C1CCCCC1)N1CCCC1. The van der Waals surface area contributed by atoms with Crippen molar-refractivity contribution in [2.45, 2.75) is 51.0 Å². The number of nitrogens with zero attached hydrogens (tertiary/aromatic N) is 1. The van der Waals surface area contributed by atoms with E-state index in [2.05, 4.69) is 16.9 Å². The van der Waals surface area contributed by atoms with Gasteiger partial charge in [-0.25, -0.2) is 0 Å². The molecule has 2 rings (SSSR count). The molecule has 92 valence electrons. The molecule has 16 heavy (non-hydrogen) atoms. The van der Waals surface area contributed by atoms with Crippen LogP contribution >= 0.6 is 0 Å². The highest BCUT2D eigenvalue weighted by atomic mass is 15.3. The minimum absolute atomic E-state index is 0.304. The smallest absolute Gasteiger partial charge is 0.0630 e. The number of likely N-dealkylation sites (tertiary alicyclic amines) is 1. The van der Waals surface area contributed by atoms with Gasteiger partial charge < -0.3 is 4.90 Å². The molecule has 2 fully saturated rings. The standard InChI is InChI=1S/C13H25N3/c1-11(16-9-5-6-10-16)13(15-14)12-7-3-2-4-8-12/h12-13,15H,1-10,14H2. The largest absolute Gasteiger partial charge is 0.374 e. The average Bonchev–Trinajstić information content (AvgIpc) is 2.85. The third kappa shape index (κ3) is 2.58. The van der Waals surface area contributed by atoms with Crippen LogP contribution in [0.25, 0.3) is 0 Å². The molecule has 1 unspecified atom stereocenters. The number of nitrogens with two attached hydrogens (primary N) is 1. The van der Waals surface area contributed by atoms with Crippen molar-refractivity contribution in [2.75, 3.05) is 13.1 Å². The Kier molecular flexibility index (Phi) is 4.24. The van der Waals surface area contributed by atoms with Gasteiger partial charge in [-0.1, -0.05) is 25.8 Å². The van der Waals surface area contributed by atoms with Gasteiger partial charge in [-0.2, -0.15) is 0 Å². The van der Waals surface area contributed by atoms with Gasteiger partial charge in [0.25, 0.3) is 0 Å². The van der Waals surface area contributed by atoms with Crippen molar-refractivity contribution in [1.82, 2.24) is 10.3 Å². The quantitative estimate of drug-likeness (QED) is 0.566. The van der Waals surface area contributed by atoms with E-state index < -0.39 is 0 Å². The minimum Gasteiger partial charge on any atom is -0.374 e. The first-order valence-corrected chi connectivity index (χ1v) is 6.73. The van der Waals surface area contributed by atoms with Gasteiger partial charge in [0.05, 0.1) is 6.04 Å². The van der Waals surface area contributed by atoms with Gasteiger partial charge in [-0.05, 0) is 31.6 Å². The maximum Gasteiger partial charge on any atom is 0.0630 e. The van der Waals surface area contributed by atoms with Gasteiger partial charge in [0.1, 0.15) is 0 Å². The van der Waals surface area contributed by atoms with Crippen molar-refractivity contribution in [2.24, 2.45) is 11.8 Å². The van der Waals surface area contributed by atoms with E-state index in [9.17, 15) is 0 Å². The Bertz CT molecular complexity index is 227. The van der Waals surface area contributed by atoms with Crippen molar-refractivity contribution in [1.29, 1.82) is 0 Å². The summed E-state index contributed by atoms with van der Waals surface area (Å²) < 4.78 is 0. The Morgan fingerprint density at radius 2 is 1.75 bits per heavy atom. The van der Waals surface area contributed by atoms with E-state index in [-0.39, 0.29) is 0 Å². The van der Waals surface area contributed by atoms with Gasteiger partial charge in [0.2, 0.25) is 0 Å². The first-order valence-electron chi connectivity index (χ1n) is 6.73. The van der Waals surface area contributed by atoms with Crippen LogP contribution < -0.4 is 11.3 Å². The second-order valence-electron chi connectivity index (χ2n) is 5.23. The van der Waals surface area contributed by atoms with Crippen molar-refractivity contribution in [3.63, 3.8) is 0 Å². The second-order valence-corrected chi connectivity index (χ2v) is 5.23. The fourth-order valence-corrected chi connectivity index (χ4v) is 3.17. The molecule has 1 heterocycles. The van der Waals surface area contributed by atoms with Crippen molar-refractivity contribution in [3.05, 3.63) is 12.3 Å². The van der Waals surface area contributed by atoms with Crippen LogP contribution in [0.2, 0.25) is 0 Å². The number of hydrogen-bond donors (Lipinski definition) is 2. The molecule has 1 saturated heterocycles. The molecule has 3 N–H and O–H groups in total. The Morgan fingerprint density at radius 1 is 1.12 bits per heavy atom. The van der Waals surface area contributed by atoms with E-state index in [0.717, 1.165) is 0 Å². The highest BCUT2D eigenvalue weighted by Gasteiger charge is 2.28. The summed E-state index contributed by atoms with van der Waals surface area (Å²) >= 11 is 0. The molecule has 3 nitrogen and oxygen atoms in total. The molecule has 3 heteroatoms. The Balaban J connectivity index is 1.94. The molecule has 1 atom stereocenters. The molecule has 2 aliphatic rings. The van der Waals surface area contributed by atoms with Crippen molar-refractivity contribution >= 4 is 0 Å². The third-order valence-corrected chi connectivity index (χ3v) is 4.17. The highest BCUT2D eigenvalue weighted by Crippen LogP contribution is 2.30. The lowest BCUT2D eigenvalue weighted by Crippen LogP contribution is -2.46. The van der Waals surface area contributed by atoms with Crippen LogP contribution in [-0.2, 0) is 0 Å². The van der Waals surface area contributed by atoms with E-state index in [1.54, 1.807) is 0 Å². The monoisotopic (exact) mass is 223 g/mol. The molecule has 1 saturated carbocycles. The van der Waals surface area contributed by atoms with E-state index in [1.807, 2.05) is 0 Å². The lowest BCUT2D eigenvalue weighted by molar-refractivity contribution is 0.254. The Morgan fingerprint density at radius 3 is 2.31 bits per heavy atom. The molecule has 0 aromatic heterocycles. The summed E-state index contributed by atoms with van der Waals surface area (Å²) in [6.07, 6.45) is 9.33. The summed E-state index contributed by atoms with van der Waals surface area (Å²) in [5.41, 5.74) is 4.24. The van der Waals surface area contributed by atoms with Crippen LogP contribution in [0.3, 0.4) is 0 Å². The minimum atomic E-state index is 0.304. The zero-order chi connectivity index (χ0) is 11.4. The van der Waals surface area contributed by atoms with E-state index in [0.29, 0.717) is 12.0 Å². The first-order chi connectivity index (χ1) is 7.83. The zero-order valence-electron chi connectivity index (χ0n) is 10.3. The summed E-state index contributed by atoms with van der Waals surface area (Å²) in [6.45, 7) is 6.61. The van der Waals surface area contributed by atoms with Gasteiger partial charge in [0, 0.05) is 18.8 Å². The molecule has 0 amide bonds. The summed E-state index contributed by atoms with van der Waals surface area (Å²) in [6, 6.07) is 0.304. The van der Waals surface area contributed by atoms with Crippen LogP contribution in [0.5, 0.6) is 0 Å². The van der Waals surface area contributed by atoms with Gasteiger partial charge in [-0.3, -0.25) is 11.3 Å². The second kappa shape index (κ2) is 5.69. The molecule has 0 bridgehead atoms. The third-order valence-electron chi connectivity index (χ3n) is 4.17. The predicted octanol–water partition coefficient (Wildman–Crippen LogP) is 2.01. The lowest BCUT2D eigenvalue weighted by Gasteiger charge is -2.35. The van der Waals surface area contributed by atoms with Crippen LogP contribution in [0.4, 0.5) is 0 Å². The fourth-order valence-electron chi connectivity index (χ4n) is 3.17. The van der Waals surface area contributed by atoms with E-state index in [1.165, 1.54) is 63.7 Å². The number of nitrogens with one attached hydrogen (secondary N) is 1.